The van der Waals surface area contributed by atoms with E-state index in [2.05, 4.69) is 32.0 Å². The van der Waals surface area contributed by atoms with Gasteiger partial charge in [0.25, 0.3) is 11.8 Å². The molecule has 0 unspecified atom stereocenters. The summed E-state index contributed by atoms with van der Waals surface area (Å²) in [6.07, 6.45) is 2.32. The van der Waals surface area contributed by atoms with Crippen LogP contribution in [0.25, 0.3) is 6.08 Å². The third-order valence-electron chi connectivity index (χ3n) is 6.58. The Hall–Kier alpha value is -4.55. The molecule has 0 bridgehead atoms. The fraction of sp³-hybridized carbons (Fsp3) is 0.121. The molecule has 1 aliphatic rings. The van der Waals surface area contributed by atoms with Crippen LogP contribution in [0.1, 0.15) is 27.8 Å². The minimum atomic E-state index is -0.471. The largest absolute Gasteiger partial charge is 0.496 e. The Balaban J connectivity index is 1.55. The van der Waals surface area contributed by atoms with E-state index in [1.807, 2.05) is 54.6 Å². The number of hydrogen-bond donors (Lipinski definition) is 0. The summed E-state index contributed by atoms with van der Waals surface area (Å²) in [7, 11) is 1.63. The lowest BCUT2D eigenvalue weighted by molar-refractivity contribution is -0.120. The topological polar surface area (TPSA) is 49.9 Å². The molecule has 1 saturated heterocycles. The first-order valence-electron chi connectivity index (χ1n) is 12.6. The highest BCUT2D eigenvalue weighted by molar-refractivity contribution is 7.81. The Labute approximate surface area is 234 Å². The van der Waals surface area contributed by atoms with Crippen LogP contribution in [0.15, 0.2) is 103 Å². The number of thiocarbonyl (C=S) groups is 1. The van der Waals surface area contributed by atoms with Gasteiger partial charge in [-0.25, -0.2) is 0 Å². The van der Waals surface area contributed by atoms with Crippen molar-refractivity contribution in [1.29, 1.82) is 0 Å². The van der Waals surface area contributed by atoms with Gasteiger partial charge in [-0.3, -0.25) is 19.4 Å². The van der Waals surface area contributed by atoms with Gasteiger partial charge in [-0.05, 0) is 79.2 Å². The monoisotopic (exact) mass is 532 g/mol. The number of ether oxygens (including phenoxy) is 1. The molecule has 2 amide bonds. The van der Waals surface area contributed by atoms with E-state index in [9.17, 15) is 9.59 Å². The van der Waals surface area contributed by atoms with E-state index in [0.717, 1.165) is 5.56 Å². The number of amides is 2. The van der Waals surface area contributed by atoms with Gasteiger partial charge in [0.05, 0.1) is 18.5 Å². The number of para-hydroxylation sites is 2. The van der Waals surface area contributed by atoms with Crippen LogP contribution in [0, 0.1) is 13.8 Å². The lowest BCUT2D eigenvalue weighted by atomic mass is 9.98. The van der Waals surface area contributed by atoms with Crippen LogP contribution in [0.3, 0.4) is 0 Å². The van der Waals surface area contributed by atoms with Crippen molar-refractivity contribution < 1.29 is 14.3 Å². The number of carbonyl (C=O) groups is 2. The first kappa shape index (κ1) is 26.1. The first-order chi connectivity index (χ1) is 18.9. The van der Waals surface area contributed by atoms with Gasteiger partial charge in [0, 0.05) is 6.42 Å². The van der Waals surface area contributed by atoms with Gasteiger partial charge >= 0.3 is 0 Å². The number of nitrogens with zero attached hydrogens (tertiary/aromatic N) is 2. The minimum absolute atomic E-state index is 0.0143. The Kier molecular flexibility index (Phi) is 7.39. The van der Waals surface area contributed by atoms with Crippen LogP contribution in [0.4, 0.5) is 11.4 Å². The molecule has 0 aliphatic carbocycles. The number of benzene rings is 4. The number of aryl methyl sites for hydroxylation is 2. The van der Waals surface area contributed by atoms with Gasteiger partial charge in [-0.15, -0.1) is 0 Å². The first-order valence-corrected chi connectivity index (χ1v) is 13.1. The maximum absolute atomic E-state index is 13.7. The van der Waals surface area contributed by atoms with E-state index in [0.29, 0.717) is 29.1 Å². The smallest absolute Gasteiger partial charge is 0.270 e. The van der Waals surface area contributed by atoms with Crippen molar-refractivity contribution >= 4 is 46.6 Å². The van der Waals surface area contributed by atoms with Crippen molar-refractivity contribution in [3.05, 3.63) is 130 Å². The number of carbonyl (C=O) groups excluding carboxylic acids is 2. The molecule has 4 aromatic carbocycles. The number of methoxy groups -OCH3 is 1. The molecule has 0 aromatic heterocycles. The summed E-state index contributed by atoms with van der Waals surface area (Å²) in [6, 6.07) is 30.5. The van der Waals surface area contributed by atoms with Crippen molar-refractivity contribution in [2.75, 3.05) is 16.9 Å². The Morgan fingerprint density at radius 2 is 1.28 bits per heavy atom. The van der Waals surface area contributed by atoms with E-state index in [4.69, 9.17) is 17.0 Å². The quantitative estimate of drug-likeness (QED) is 0.158. The molecule has 1 aliphatic heterocycles. The van der Waals surface area contributed by atoms with E-state index < -0.39 is 11.8 Å². The normalized spacial score (nSPS) is 13.6. The van der Waals surface area contributed by atoms with E-state index in [1.54, 1.807) is 37.5 Å². The van der Waals surface area contributed by atoms with Crippen molar-refractivity contribution in [2.45, 2.75) is 20.3 Å². The average molecular weight is 533 g/mol. The lowest BCUT2D eigenvalue weighted by Gasteiger charge is -2.36. The molecule has 5 rings (SSSR count). The van der Waals surface area contributed by atoms with Crippen LogP contribution in [-0.4, -0.2) is 24.0 Å². The standard InChI is InChI=1S/C33H28N2O3S/c1-22-16-23(2)18-25(17-22)19-26-15-14-24(21-30(26)38-3)20-29-31(36)34(27-10-6-4-7-11-27)33(39)35(32(29)37)28-12-8-5-9-13-28/h4-18,20-21H,19H2,1-3H3. The van der Waals surface area contributed by atoms with Gasteiger partial charge in [-0.2, -0.15) is 0 Å². The molecule has 6 heteroatoms. The SMILES string of the molecule is COc1cc(C=C2C(=O)N(c3ccccc3)C(=S)N(c3ccccc3)C2=O)ccc1Cc1cc(C)cc(C)c1. The summed E-state index contributed by atoms with van der Waals surface area (Å²) in [4.78, 5) is 30.3. The molecule has 39 heavy (non-hydrogen) atoms. The summed E-state index contributed by atoms with van der Waals surface area (Å²) >= 11 is 5.68. The summed E-state index contributed by atoms with van der Waals surface area (Å²) in [5.74, 6) is -0.252. The maximum Gasteiger partial charge on any atom is 0.270 e. The van der Waals surface area contributed by atoms with Gasteiger partial charge < -0.3 is 4.74 Å². The molecule has 4 aromatic rings. The molecular weight excluding hydrogens is 504 g/mol. The molecule has 0 atom stereocenters. The highest BCUT2D eigenvalue weighted by Gasteiger charge is 2.41. The van der Waals surface area contributed by atoms with Crippen molar-refractivity contribution in [2.24, 2.45) is 0 Å². The summed E-state index contributed by atoms with van der Waals surface area (Å²) in [6.45, 7) is 4.18. The van der Waals surface area contributed by atoms with Gasteiger partial charge in [0.15, 0.2) is 5.11 Å². The second-order valence-electron chi connectivity index (χ2n) is 9.54. The fourth-order valence-electron chi connectivity index (χ4n) is 4.89. The van der Waals surface area contributed by atoms with Gasteiger partial charge in [-0.1, -0.05) is 77.9 Å². The lowest BCUT2D eigenvalue weighted by Crippen LogP contribution is -2.56. The zero-order valence-electron chi connectivity index (χ0n) is 22.0. The fourth-order valence-corrected chi connectivity index (χ4v) is 5.27. The summed E-state index contributed by atoms with van der Waals surface area (Å²) in [5.41, 5.74) is 6.51. The molecule has 1 fully saturated rings. The third-order valence-corrected chi connectivity index (χ3v) is 6.94. The van der Waals surface area contributed by atoms with Crippen LogP contribution in [0.5, 0.6) is 5.75 Å². The Bertz CT molecular complexity index is 1510. The number of rotatable bonds is 6. The highest BCUT2D eigenvalue weighted by Crippen LogP contribution is 2.31. The van der Waals surface area contributed by atoms with Crippen LogP contribution in [0.2, 0.25) is 0 Å². The molecule has 194 valence electrons. The van der Waals surface area contributed by atoms with Crippen LogP contribution in [-0.2, 0) is 16.0 Å². The van der Waals surface area contributed by atoms with Crippen molar-refractivity contribution in [1.82, 2.24) is 0 Å². The third kappa shape index (κ3) is 5.38. The molecule has 5 nitrogen and oxygen atoms in total. The molecule has 0 saturated carbocycles. The Morgan fingerprint density at radius 3 is 1.79 bits per heavy atom. The predicted molar refractivity (Wildman–Crippen MR) is 160 cm³/mol. The average Bonchev–Trinajstić information content (AvgIpc) is 2.92. The van der Waals surface area contributed by atoms with Crippen molar-refractivity contribution in [3.63, 3.8) is 0 Å². The van der Waals surface area contributed by atoms with E-state index in [-0.39, 0.29) is 10.7 Å². The van der Waals surface area contributed by atoms with Gasteiger partial charge in [0.1, 0.15) is 11.3 Å². The summed E-state index contributed by atoms with van der Waals surface area (Å²) in [5, 5.41) is 0.112. The molecule has 0 N–H and O–H groups in total. The number of hydrogen-bond acceptors (Lipinski definition) is 4. The zero-order chi connectivity index (χ0) is 27.5. The second kappa shape index (κ2) is 11.1. The number of anilines is 2. The van der Waals surface area contributed by atoms with Crippen LogP contribution >= 0.6 is 12.2 Å². The maximum atomic E-state index is 13.7. The summed E-state index contributed by atoms with van der Waals surface area (Å²) < 4.78 is 5.72. The van der Waals surface area contributed by atoms with Crippen molar-refractivity contribution in [3.8, 4) is 5.75 Å². The van der Waals surface area contributed by atoms with E-state index in [1.165, 1.54) is 26.5 Å². The Morgan fingerprint density at radius 1 is 0.744 bits per heavy atom. The highest BCUT2D eigenvalue weighted by atomic mass is 32.1. The zero-order valence-corrected chi connectivity index (χ0v) is 22.9. The molecular formula is C33H28N2O3S. The minimum Gasteiger partial charge on any atom is -0.496 e. The molecule has 0 radical (unpaired) electrons. The molecule has 0 spiro atoms. The van der Waals surface area contributed by atoms with E-state index >= 15 is 0 Å². The second-order valence-corrected chi connectivity index (χ2v) is 9.90. The van der Waals surface area contributed by atoms with Gasteiger partial charge in [0.2, 0.25) is 0 Å². The predicted octanol–water partition coefficient (Wildman–Crippen LogP) is 6.65. The van der Waals surface area contributed by atoms with Crippen LogP contribution < -0.4 is 14.5 Å². The molecule has 1 heterocycles.